The van der Waals surface area contributed by atoms with E-state index in [-0.39, 0.29) is 0 Å². The Morgan fingerprint density at radius 1 is 1.42 bits per heavy atom. The standard InChI is InChI=1S/C10H19NO/c1-12-3-2-10(7-11)5-8-4-9(8)6-10/h8-9H,2-7,11H2,1H3. The van der Waals surface area contributed by atoms with Crippen molar-refractivity contribution in [2.24, 2.45) is 23.0 Å². The van der Waals surface area contributed by atoms with E-state index in [1.165, 1.54) is 25.7 Å². The lowest BCUT2D eigenvalue weighted by molar-refractivity contribution is 0.133. The molecule has 2 rings (SSSR count). The zero-order valence-electron chi connectivity index (χ0n) is 7.88. The molecule has 2 saturated carbocycles. The second-order valence-corrected chi connectivity index (χ2v) is 4.61. The molecule has 2 unspecified atom stereocenters. The first-order valence-electron chi connectivity index (χ1n) is 4.99. The van der Waals surface area contributed by atoms with Crippen molar-refractivity contribution in [2.75, 3.05) is 20.3 Å². The third kappa shape index (κ3) is 1.38. The van der Waals surface area contributed by atoms with E-state index in [4.69, 9.17) is 10.5 Å². The molecule has 0 bridgehead atoms. The van der Waals surface area contributed by atoms with Crippen LogP contribution in [0.5, 0.6) is 0 Å². The number of hydrogen-bond donors (Lipinski definition) is 1. The van der Waals surface area contributed by atoms with Crippen LogP contribution in [0.15, 0.2) is 0 Å². The molecule has 0 amide bonds. The van der Waals surface area contributed by atoms with Gasteiger partial charge in [-0.2, -0.15) is 0 Å². The molecule has 12 heavy (non-hydrogen) atoms. The average molecular weight is 169 g/mol. The van der Waals surface area contributed by atoms with E-state index in [1.807, 2.05) is 0 Å². The summed E-state index contributed by atoms with van der Waals surface area (Å²) in [7, 11) is 1.78. The molecule has 2 fully saturated rings. The average Bonchev–Trinajstić information content (AvgIpc) is 2.72. The van der Waals surface area contributed by atoms with Gasteiger partial charge in [0.2, 0.25) is 0 Å². The van der Waals surface area contributed by atoms with Crippen LogP contribution < -0.4 is 5.73 Å². The van der Waals surface area contributed by atoms with E-state index in [0.717, 1.165) is 25.0 Å². The van der Waals surface area contributed by atoms with Gasteiger partial charge >= 0.3 is 0 Å². The second-order valence-electron chi connectivity index (χ2n) is 4.61. The zero-order valence-corrected chi connectivity index (χ0v) is 7.88. The van der Waals surface area contributed by atoms with Gasteiger partial charge in [0.1, 0.15) is 0 Å². The lowest BCUT2D eigenvalue weighted by Gasteiger charge is -2.28. The molecule has 0 aromatic heterocycles. The minimum atomic E-state index is 0.462. The van der Waals surface area contributed by atoms with Crippen LogP contribution in [-0.4, -0.2) is 20.3 Å². The van der Waals surface area contributed by atoms with Gasteiger partial charge in [-0.15, -0.1) is 0 Å². The van der Waals surface area contributed by atoms with Crippen molar-refractivity contribution in [2.45, 2.75) is 25.7 Å². The topological polar surface area (TPSA) is 35.2 Å². The van der Waals surface area contributed by atoms with Gasteiger partial charge in [-0.3, -0.25) is 0 Å². The van der Waals surface area contributed by atoms with Gasteiger partial charge in [-0.1, -0.05) is 0 Å². The summed E-state index contributed by atoms with van der Waals surface area (Å²) >= 11 is 0. The molecule has 2 atom stereocenters. The molecule has 2 heteroatoms. The number of hydrogen-bond acceptors (Lipinski definition) is 2. The molecular formula is C10H19NO. The first-order chi connectivity index (χ1) is 5.79. The quantitative estimate of drug-likeness (QED) is 0.690. The Kier molecular flexibility index (Phi) is 2.13. The Bertz CT molecular complexity index is 159. The van der Waals surface area contributed by atoms with Crippen molar-refractivity contribution in [3.05, 3.63) is 0 Å². The van der Waals surface area contributed by atoms with Crippen LogP contribution in [0.4, 0.5) is 0 Å². The SMILES string of the molecule is COCCC1(CN)CC2CC2C1. The summed E-state index contributed by atoms with van der Waals surface area (Å²) < 4.78 is 5.13. The fraction of sp³-hybridized carbons (Fsp3) is 1.00. The number of fused-ring (bicyclic) bond motifs is 1. The largest absolute Gasteiger partial charge is 0.385 e. The van der Waals surface area contributed by atoms with Crippen LogP contribution in [0.25, 0.3) is 0 Å². The van der Waals surface area contributed by atoms with E-state index >= 15 is 0 Å². The van der Waals surface area contributed by atoms with Gasteiger partial charge in [0.05, 0.1) is 0 Å². The fourth-order valence-corrected chi connectivity index (χ4v) is 2.80. The minimum absolute atomic E-state index is 0.462. The van der Waals surface area contributed by atoms with E-state index in [1.54, 1.807) is 7.11 Å². The number of methoxy groups -OCH3 is 1. The van der Waals surface area contributed by atoms with Crippen LogP contribution >= 0.6 is 0 Å². The van der Waals surface area contributed by atoms with Crippen molar-refractivity contribution < 1.29 is 4.74 Å². The maximum Gasteiger partial charge on any atom is 0.0468 e. The maximum absolute atomic E-state index is 5.84. The molecule has 0 saturated heterocycles. The molecular weight excluding hydrogens is 150 g/mol. The molecule has 0 heterocycles. The number of rotatable bonds is 4. The molecule has 0 aliphatic heterocycles. The van der Waals surface area contributed by atoms with Gasteiger partial charge in [-0.05, 0) is 49.5 Å². The lowest BCUT2D eigenvalue weighted by Crippen LogP contribution is -2.30. The highest BCUT2D eigenvalue weighted by atomic mass is 16.5. The summed E-state index contributed by atoms with van der Waals surface area (Å²) in [6.07, 6.45) is 5.40. The Labute approximate surface area is 74.5 Å². The van der Waals surface area contributed by atoms with Gasteiger partial charge in [0.25, 0.3) is 0 Å². The van der Waals surface area contributed by atoms with Gasteiger partial charge in [0.15, 0.2) is 0 Å². The summed E-state index contributed by atoms with van der Waals surface area (Å²) in [5, 5.41) is 0. The highest BCUT2D eigenvalue weighted by Gasteiger charge is 2.52. The third-order valence-electron chi connectivity index (χ3n) is 3.73. The first-order valence-corrected chi connectivity index (χ1v) is 4.99. The zero-order chi connectivity index (χ0) is 8.60. The van der Waals surface area contributed by atoms with E-state index in [2.05, 4.69) is 0 Å². The van der Waals surface area contributed by atoms with Crippen molar-refractivity contribution in [3.8, 4) is 0 Å². The molecule has 2 nitrogen and oxygen atoms in total. The number of ether oxygens (including phenoxy) is 1. The Morgan fingerprint density at radius 3 is 2.58 bits per heavy atom. The second kappa shape index (κ2) is 3.00. The maximum atomic E-state index is 5.84. The van der Waals surface area contributed by atoms with Crippen molar-refractivity contribution in [1.29, 1.82) is 0 Å². The summed E-state index contributed by atoms with van der Waals surface area (Å²) in [6.45, 7) is 1.75. The Morgan fingerprint density at radius 2 is 2.08 bits per heavy atom. The molecule has 0 aromatic carbocycles. The molecule has 2 N–H and O–H groups in total. The fourth-order valence-electron chi connectivity index (χ4n) is 2.80. The predicted molar refractivity (Wildman–Crippen MR) is 48.8 cm³/mol. The summed E-state index contributed by atoms with van der Waals surface area (Å²) in [6, 6.07) is 0. The van der Waals surface area contributed by atoms with Crippen LogP contribution in [0.1, 0.15) is 25.7 Å². The van der Waals surface area contributed by atoms with Gasteiger partial charge in [-0.25, -0.2) is 0 Å². The monoisotopic (exact) mass is 169 g/mol. The Balaban J connectivity index is 1.87. The predicted octanol–water partition coefficient (Wildman–Crippen LogP) is 1.40. The van der Waals surface area contributed by atoms with Crippen molar-refractivity contribution >= 4 is 0 Å². The molecule has 2 aliphatic carbocycles. The highest BCUT2D eigenvalue weighted by molar-refractivity contribution is 5.03. The highest BCUT2D eigenvalue weighted by Crippen LogP contribution is 2.60. The van der Waals surface area contributed by atoms with E-state index in [9.17, 15) is 0 Å². The molecule has 0 aromatic rings. The summed E-state index contributed by atoms with van der Waals surface area (Å²) in [5.41, 5.74) is 6.30. The summed E-state index contributed by atoms with van der Waals surface area (Å²) in [4.78, 5) is 0. The van der Waals surface area contributed by atoms with Crippen LogP contribution in [0.2, 0.25) is 0 Å². The molecule has 2 aliphatic rings. The number of nitrogens with two attached hydrogens (primary N) is 1. The van der Waals surface area contributed by atoms with E-state index < -0.39 is 0 Å². The smallest absolute Gasteiger partial charge is 0.0468 e. The van der Waals surface area contributed by atoms with Crippen LogP contribution in [0, 0.1) is 17.3 Å². The van der Waals surface area contributed by atoms with Crippen LogP contribution in [0.3, 0.4) is 0 Å². The van der Waals surface area contributed by atoms with Gasteiger partial charge in [0, 0.05) is 13.7 Å². The normalized spacial score (nSPS) is 44.5. The third-order valence-corrected chi connectivity index (χ3v) is 3.73. The lowest BCUT2D eigenvalue weighted by atomic mass is 9.80. The molecule has 0 radical (unpaired) electrons. The summed E-state index contributed by atoms with van der Waals surface area (Å²) in [5.74, 6) is 2.07. The van der Waals surface area contributed by atoms with E-state index in [0.29, 0.717) is 5.41 Å². The van der Waals surface area contributed by atoms with Gasteiger partial charge < -0.3 is 10.5 Å². The van der Waals surface area contributed by atoms with Crippen LogP contribution in [-0.2, 0) is 4.74 Å². The Hall–Kier alpha value is -0.0800. The minimum Gasteiger partial charge on any atom is -0.385 e. The molecule has 70 valence electrons. The first kappa shape index (κ1) is 8.52. The molecule has 0 spiro atoms. The van der Waals surface area contributed by atoms with Crippen molar-refractivity contribution in [3.63, 3.8) is 0 Å². The van der Waals surface area contributed by atoms with Crippen molar-refractivity contribution in [1.82, 2.24) is 0 Å².